The van der Waals surface area contributed by atoms with Crippen molar-refractivity contribution in [3.63, 3.8) is 0 Å². The predicted molar refractivity (Wildman–Crippen MR) is 79.4 cm³/mol. The maximum Gasteiger partial charge on any atom is 0.347 e. The third kappa shape index (κ3) is 3.45. The van der Waals surface area contributed by atoms with Crippen molar-refractivity contribution in [1.29, 1.82) is 0 Å². The average Bonchev–Trinajstić information content (AvgIpc) is 2.82. The Bertz CT molecular complexity index is 617. The number of sulfonamides is 1. The van der Waals surface area contributed by atoms with Crippen LogP contribution in [0.5, 0.6) is 0 Å². The van der Waals surface area contributed by atoms with E-state index in [9.17, 15) is 13.2 Å². The third-order valence-corrected chi connectivity index (χ3v) is 6.78. The average molecular weight is 333 g/mol. The maximum absolute atomic E-state index is 12.6. The van der Waals surface area contributed by atoms with Crippen LogP contribution in [0.15, 0.2) is 10.3 Å². The topological polar surface area (TPSA) is 83.9 Å². The lowest BCUT2D eigenvalue weighted by atomic mass is 10.0. The van der Waals surface area contributed by atoms with Crippen molar-refractivity contribution in [2.45, 2.75) is 24.7 Å². The summed E-state index contributed by atoms with van der Waals surface area (Å²) in [6.07, 6.45) is 1.85. The Morgan fingerprint density at radius 3 is 2.86 bits per heavy atom. The van der Waals surface area contributed by atoms with Crippen molar-refractivity contribution in [2.24, 2.45) is 5.92 Å². The van der Waals surface area contributed by atoms with Crippen molar-refractivity contribution in [3.05, 3.63) is 15.8 Å². The largest absolute Gasteiger partial charge is 0.477 e. The molecule has 1 N–H and O–H groups in total. The normalized spacial score (nSPS) is 19.9. The minimum atomic E-state index is -3.79. The monoisotopic (exact) mass is 333 g/mol. The van der Waals surface area contributed by atoms with Gasteiger partial charge in [0, 0.05) is 20.2 Å². The molecule has 1 aromatic heterocycles. The molecule has 118 valence electrons. The van der Waals surface area contributed by atoms with E-state index < -0.39 is 16.0 Å². The van der Waals surface area contributed by atoms with Gasteiger partial charge in [-0.3, -0.25) is 0 Å². The standard InChI is InChI=1S/C13H19NO5S2/c1-9-8-20-11(13(15)16)12(9)21(17,18)14(2)6-10-4-3-5-19-7-10/h8,10H,3-7H2,1-2H3,(H,15,16). The summed E-state index contributed by atoms with van der Waals surface area (Å²) in [5.74, 6) is -1.05. The molecule has 1 saturated heterocycles. The van der Waals surface area contributed by atoms with Gasteiger partial charge in [-0.1, -0.05) is 0 Å². The molecule has 0 saturated carbocycles. The summed E-state index contributed by atoms with van der Waals surface area (Å²) >= 11 is 0.945. The van der Waals surface area contributed by atoms with Crippen molar-refractivity contribution >= 4 is 27.3 Å². The lowest BCUT2D eigenvalue weighted by molar-refractivity contribution is 0.0495. The molecular weight excluding hydrogens is 314 g/mol. The van der Waals surface area contributed by atoms with Crippen LogP contribution in [-0.4, -0.2) is 50.6 Å². The molecule has 0 aliphatic carbocycles. The Morgan fingerprint density at radius 1 is 1.57 bits per heavy atom. The van der Waals surface area contributed by atoms with E-state index in [1.807, 2.05) is 0 Å². The van der Waals surface area contributed by atoms with Gasteiger partial charge in [0.2, 0.25) is 10.0 Å². The van der Waals surface area contributed by atoms with E-state index in [1.165, 1.54) is 11.4 Å². The van der Waals surface area contributed by atoms with Crippen LogP contribution in [0.2, 0.25) is 0 Å². The van der Waals surface area contributed by atoms with Gasteiger partial charge in [-0.05, 0) is 36.6 Å². The number of carboxylic acids is 1. The fourth-order valence-electron chi connectivity index (χ4n) is 2.47. The SMILES string of the molecule is Cc1csc(C(=O)O)c1S(=O)(=O)N(C)CC1CCCOC1. The molecule has 0 radical (unpaired) electrons. The number of carboxylic acid groups (broad SMARTS) is 1. The number of ether oxygens (including phenoxy) is 1. The highest BCUT2D eigenvalue weighted by Crippen LogP contribution is 2.30. The summed E-state index contributed by atoms with van der Waals surface area (Å²) in [7, 11) is -2.30. The van der Waals surface area contributed by atoms with Gasteiger partial charge in [0.15, 0.2) is 0 Å². The van der Waals surface area contributed by atoms with Crippen LogP contribution >= 0.6 is 11.3 Å². The summed E-state index contributed by atoms with van der Waals surface area (Å²) in [6.45, 7) is 3.23. The molecule has 2 heterocycles. The minimum Gasteiger partial charge on any atom is -0.477 e. The third-order valence-electron chi connectivity index (χ3n) is 3.55. The van der Waals surface area contributed by atoms with Crippen LogP contribution in [0.25, 0.3) is 0 Å². The molecule has 1 atom stereocenters. The molecule has 21 heavy (non-hydrogen) atoms. The highest BCUT2D eigenvalue weighted by atomic mass is 32.2. The Hall–Kier alpha value is -0.960. The van der Waals surface area contributed by atoms with Crippen LogP contribution in [0.3, 0.4) is 0 Å². The molecular formula is C13H19NO5S2. The summed E-state index contributed by atoms with van der Waals surface area (Å²) in [5, 5.41) is 10.7. The van der Waals surface area contributed by atoms with Gasteiger partial charge in [-0.25, -0.2) is 17.5 Å². The van der Waals surface area contributed by atoms with Crippen LogP contribution in [0.1, 0.15) is 28.1 Å². The zero-order chi connectivity index (χ0) is 15.6. The molecule has 1 aliphatic rings. The van der Waals surface area contributed by atoms with Gasteiger partial charge in [-0.2, -0.15) is 0 Å². The smallest absolute Gasteiger partial charge is 0.347 e. The summed E-state index contributed by atoms with van der Waals surface area (Å²) < 4.78 is 31.9. The molecule has 0 aromatic carbocycles. The first-order chi connectivity index (χ1) is 9.84. The molecule has 6 nitrogen and oxygen atoms in total. The van der Waals surface area contributed by atoms with Crippen molar-refractivity contribution in [3.8, 4) is 0 Å². The highest BCUT2D eigenvalue weighted by Gasteiger charge is 2.31. The zero-order valence-electron chi connectivity index (χ0n) is 12.0. The first-order valence-corrected chi connectivity index (χ1v) is 9.01. The lowest BCUT2D eigenvalue weighted by Crippen LogP contribution is -2.35. The molecule has 0 spiro atoms. The van der Waals surface area contributed by atoms with Crippen LogP contribution in [-0.2, 0) is 14.8 Å². The number of nitrogens with zero attached hydrogens (tertiary/aromatic N) is 1. The summed E-state index contributed by atoms with van der Waals surface area (Å²) in [4.78, 5) is 11.0. The highest BCUT2D eigenvalue weighted by molar-refractivity contribution is 7.89. The number of aryl methyl sites for hydroxylation is 1. The maximum atomic E-state index is 12.6. The van der Waals surface area contributed by atoms with E-state index in [2.05, 4.69) is 0 Å². The second-order valence-corrected chi connectivity index (χ2v) is 8.11. The number of aromatic carboxylic acids is 1. The number of thiophene rings is 1. The predicted octanol–water partition coefficient (Wildman–Crippen LogP) is 1.80. The molecule has 1 aromatic rings. The number of carbonyl (C=O) groups is 1. The van der Waals surface area contributed by atoms with Crippen molar-refractivity contribution in [1.82, 2.24) is 4.31 Å². The van der Waals surface area contributed by atoms with Gasteiger partial charge in [-0.15, -0.1) is 11.3 Å². The van der Waals surface area contributed by atoms with Crippen molar-refractivity contribution in [2.75, 3.05) is 26.8 Å². The van der Waals surface area contributed by atoms with E-state index >= 15 is 0 Å². The van der Waals surface area contributed by atoms with E-state index in [-0.39, 0.29) is 15.7 Å². The van der Waals surface area contributed by atoms with E-state index in [0.717, 1.165) is 30.8 Å². The Balaban J connectivity index is 2.24. The Morgan fingerprint density at radius 2 is 2.29 bits per heavy atom. The van der Waals surface area contributed by atoms with Crippen LogP contribution in [0.4, 0.5) is 0 Å². The van der Waals surface area contributed by atoms with Crippen molar-refractivity contribution < 1.29 is 23.1 Å². The first kappa shape index (κ1) is 16.4. The summed E-state index contributed by atoms with van der Waals surface area (Å²) in [5.41, 5.74) is 0.476. The second kappa shape index (κ2) is 6.43. The molecule has 8 heteroatoms. The van der Waals surface area contributed by atoms with Gasteiger partial charge in [0.05, 0.1) is 6.61 Å². The molecule has 0 amide bonds. The molecule has 1 fully saturated rings. The molecule has 1 aliphatic heterocycles. The van der Waals surface area contributed by atoms with E-state index in [4.69, 9.17) is 9.84 Å². The number of rotatable bonds is 5. The van der Waals surface area contributed by atoms with Crippen LogP contribution < -0.4 is 0 Å². The minimum absolute atomic E-state index is 0.0840. The fraction of sp³-hybridized carbons (Fsp3) is 0.615. The molecule has 1 unspecified atom stereocenters. The van der Waals surface area contributed by atoms with Gasteiger partial charge < -0.3 is 9.84 Å². The van der Waals surface area contributed by atoms with E-state index in [1.54, 1.807) is 12.3 Å². The molecule has 0 bridgehead atoms. The Labute approximate surface area is 128 Å². The van der Waals surface area contributed by atoms with Gasteiger partial charge >= 0.3 is 5.97 Å². The van der Waals surface area contributed by atoms with Gasteiger partial charge in [0.25, 0.3) is 0 Å². The summed E-state index contributed by atoms with van der Waals surface area (Å²) in [6, 6.07) is 0. The number of hydrogen-bond acceptors (Lipinski definition) is 5. The quantitative estimate of drug-likeness (QED) is 0.888. The second-order valence-electron chi connectivity index (χ2n) is 5.25. The number of hydrogen-bond donors (Lipinski definition) is 1. The lowest BCUT2D eigenvalue weighted by Gasteiger charge is -2.26. The zero-order valence-corrected chi connectivity index (χ0v) is 13.7. The van der Waals surface area contributed by atoms with Crippen LogP contribution in [0, 0.1) is 12.8 Å². The Kier molecular flexibility index (Phi) is 5.03. The van der Waals surface area contributed by atoms with E-state index in [0.29, 0.717) is 18.7 Å². The van der Waals surface area contributed by atoms with Gasteiger partial charge in [0.1, 0.15) is 9.77 Å². The first-order valence-electron chi connectivity index (χ1n) is 6.69. The molecule has 2 rings (SSSR count). The fourth-order valence-corrected chi connectivity index (χ4v) is 5.29.